The third-order valence-electron chi connectivity index (χ3n) is 3.39. The summed E-state index contributed by atoms with van der Waals surface area (Å²) in [6, 6.07) is 7.43. The highest BCUT2D eigenvalue weighted by atomic mass is 32.2. The second kappa shape index (κ2) is 7.79. The highest BCUT2D eigenvalue weighted by molar-refractivity contribution is 7.99. The van der Waals surface area contributed by atoms with E-state index in [0.717, 1.165) is 22.0 Å². The van der Waals surface area contributed by atoms with Crippen molar-refractivity contribution in [3.63, 3.8) is 0 Å². The van der Waals surface area contributed by atoms with Crippen LogP contribution < -0.4 is 10.1 Å². The van der Waals surface area contributed by atoms with Crippen molar-refractivity contribution in [3.8, 4) is 5.75 Å². The van der Waals surface area contributed by atoms with Crippen LogP contribution >= 0.6 is 11.8 Å². The van der Waals surface area contributed by atoms with Crippen molar-refractivity contribution in [2.75, 3.05) is 20.2 Å². The molecule has 1 saturated heterocycles. The van der Waals surface area contributed by atoms with Gasteiger partial charge in [-0.25, -0.2) is 14.5 Å². The van der Waals surface area contributed by atoms with Crippen LogP contribution in [-0.2, 0) is 10.5 Å². The number of para-hydroxylation sites is 1. The second-order valence-corrected chi connectivity index (χ2v) is 7.81. The first-order valence-corrected chi connectivity index (χ1v) is 8.87. The fourth-order valence-corrected chi connectivity index (χ4v) is 3.37. The fraction of sp³-hybridized carbons (Fsp3) is 0.529. The van der Waals surface area contributed by atoms with E-state index in [1.165, 1.54) is 0 Å². The molecule has 0 aliphatic carbocycles. The fourth-order valence-electron chi connectivity index (χ4n) is 2.26. The molecule has 1 aromatic carbocycles. The van der Waals surface area contributed by atoms with Gasteiger partial charge in [0.1, 0.15) is 11.4 Å². The van der Waals surface area contributed by atoms with E-state index in [4.69, 9.17) is 9.47 Å². The number of rotatable bonds is 4. The van der Waals surface area contributed by atoms with Gasteiger partial charge in [-0.3, -0.25) is 0 Å². The zero-order valence-electron chi connectivity index (χ0n) is 14.5. The Bertz CT molecular complexity index is 600. The number of thioether (sulfide) groups is 1. The topological polar surface area (TPSA) is 67.9 Å². The highest BCUT2D eigenvalue weighted by Crippen LogP contribution is 2.26. The van der Waals surface area contributed by atoms with E-state index in [0.29, 0.717) is 13.1 Å². The van der Waals surface area contributed by atoms with Gasteiger partial charge in [0.15, 0.2) is 0 Å². The number of hydrogen-bond acceptors (Lipinski definition) is 5. The summed E-state index contributed by atoms with van der Waals surface area (Å²) >= 11 is 1.68. The predicted octanol–water partition coefficient (Wildman–Crippen LogP) is 3.26. The molecule has 0 bridgehead atoms. The van der Waals surface area contributed by atoms with Crippen molar-refractivity contribution in [1.29, 1.82) is 0 Å². The highest BCUT2D eigenvalue weighted by Gasteiger charge is 2.33. The maximum Gasteiger partial charge on any atom is 0.418 e. The number of hydrogen-bond donors (Lipinski definition) is 1. The van der Waals surface area contributed by atoms with Crippen molar-refractivity contribution >= 4 is 23.9 Å². The number of carbonyl (C=O) groups excluding carboxylic acids is 2. The van der Waals surface area contributed by atoms with Gasteiger partial charge in [0, 0.05) is 29.7 Å². The van der Waals surface area contributed by atoms with E-state index in [1.54, 1.807) is 39.6 Å². The minimum atomic E-state index is -0.630. The maximum absolute atomic E-state index is 12.2. The van der Waals surface area contributed by atoms with Crippen LogP contribution in [0.2, 0.25) is 0 Å². The average molecular weight is 352 g/mol. The van der Waals surface area contributed by atoms with Gasteiger partial charge in [0.05, 0.1) is 7.11 Å². The summed E-state index contributed by atoms with van der Waals surface area (Å²) in [5.74, 6) is 1.58. The molecule has 1 aliphatic heterocycles. The number of carbonyl (C=O) groups is 2. The minimum Gasteiger partial charge on any atom is -0.496 e. The summed E-state index contributed by atoms with van der Waals surface area (Å²) in [4.78, 5) is 25.2. The van der Waals surface area contributed by atoms with Crippen LogP contribution in [-0.4, -0.2) is 48.1 Å². The molecular weight excluding hydrogens is 328 g/mol. The van der Waals surface area contributed by atoms with Crippen LogP contribution in [0.1, 0.15) is 26.3 Å². The molecule has 0 aromatic heterocycles. The van der Waals surface area contributed by atoms with E-state index >= 15 is 0 Å². The van der Waals surface area contributed by atoms with E-state index in [-0.39, 0.29) is 5.25 Å². The van der Waals surface area contributed by atoms with Gasteiger partial charge in [-0.15, -0.1) is 11.8 Å². The third-order valence-corrected chi connectivity index (χ3v) is 4.66. The van der Waals surface area contributed by atoms with Gasteiger partial charge in [-0.05, 0) is 26.8 Å². The summed E-state index contributed by atoms with van der Waals surface area (Å²) in [7, 11) is 1.65. The first-order chi connectivity index (χ1) is 11.3. The molecule has 7 heteroatoms. The van der Waals surface area contributed by atoms with Crippen LogP contribution in [0, 0.1) is 0 Å². The Hall–Kier alpha value is -1.89. The quantitative estimate of drug-likeness (QED) is 0.901. The second-order valence-electron chi connectivity index (χ2n) is 6.52. The number of amides is 3. The molecule has 0 spiro atoms. The molecule has 1 unspecified atom stereocenters. The maximum atomic E-state index is 12.2. The molecule has 2 rings (SSSR count). The molecule has 1 atom stereocenters. The first-order valence-electron chi connectivity index (χ1n) is 7.82. The summed E-state index contributed by atoms with van der Waals surface area (Å²) in [6.07, 6.45) is -0.609. The monoisotopic (exact) mass is 352 g/mol. The Morgan fingerprint density at radius 1 is 1.38 bits per heavy atom. The standard InChI is InChI=1S/C17H24N2O4S/c1-17(2,3)23-16(21)19-10-13(9-18-15(19)20)24-11-12-7-5-6-8-14(12)22-4/h5-8,13H,9-11H2,1-4H3,(H,18,20). The number of methoxy groups -OCH3 is 1. The van der Waals surface area contributed by atoms with Crippen molar-refractivity contribution in [2.24, 2.45) is 0 Å². The molecule has 1 aromatic rings. The molecule has 6 nitrogen and oxygen atoms in total. The van der Waals surface area contributed by atoms with Gasteiger partial charge in [-0.2, -0.15) is 0 Å². The van der Waals surface area contributed by atoms with Gasteiger partial charge in [-0.1, -0.05) is 18.2 Å². The molecule has 1 aliphatic rings. The molecule has 0 saturated carbocycles. The van der Waals surface area contributed by atoms with Crippen LogP contribution in [0.25, 0.3) is 0 Å². The summed E-state index contributed by atoms with van der Waals surface area (Å²) in [5, 5.41) is 2.85. The summed E-state index contributed by atoms with van der Waals surface area (Å²) in [5.41, 5.74) is 0.459. The zero-order chi connectivity index (χ0) is 17.7. The van der Waals surface area contributed by atoms with E-state index in [1.807, 2.05) is 24.3 Å². The first kappa shape index (κ1) is 18.4. The Kier molecular flexibility index (Phi) is 5.99. The lowest BCUT2D eigenvalue weighted by Crippen LogP contribution is -2.55. The predicted molar refractivity (Wildman–Crippen MR) is 94.4 cm³/mol. The van der Waals surface area contributed by atoms with Crippen LogP contribution in [0.5, 0.6) is 5.75 Å². The third kappa shape index (κ3) is 5.06. The van der Waals surface area contributed by atoms with Gasteiger partial charge < -0.3 is 14.8 Å². The molecule has 1 N–H and O–H groups in total. The largest absolute Gasteiger partial charge is 0.496 e. The Labute approximate surface area is 146 Å². The van der Waals surface area contributed by atoms with Crippen LogP contribution in [0.4, 0.5) is 9.59 Å². The molecule has 132 valence electrons. The number of urea groups is 1. The van der Waals surface area contributed by atoms with Crippen molar-refractivity contribution in [1.82, 2.24) is 10.2 Å². The van der Waals surface area contributed by atoms with Gasteiger partial charge in [0.25, 0.3) is 0 Å². The average Bonchev–Trinajstić information content (AvgIpc) is 2.52. The lowest BCUT2D eigenvalue weighted by Gasteiger charge is -2.33. The lowest BCUT2D eigenvalue weighted by molar-refractivity contribution is 0.0307. The molecule has 24 heavy (non-hydrogen) atoms. The van der Waals surface area contributed by atoms with Crippen molar-refractivity contribution in [3.05, 3.63) is 29.8 Å². The Balaban J connectivity index is 1.95. The number of nitrogens with one attached hydrogen (secondary N) is 1. The van der Waals surface area contributed by atoms with Crippen molar-refractivity contribution in [2.45, 2.75) is 37.4 Å². The SMILES string of the molecule is COc1ccccc1CSC1CNC(=O)N(C(=O)OC(C)(C)C)C1. The number of nitrogens with zero attached hydrogens (tertiary/aromatic N) is 1. The molecule has 1 heterocycles. The van der Waals surface area contributed by atoms with Crippen LogP contribution in [0.3, 0.4) is 0 Å². The number of imide groups is 1. The number of ether oxygens (including phenoxy) is 2. The normalized spacial score (nSPS) is 18.1. The van der Waals surface area contributed by atoms with Gasteiger partial charge >= 0.3 is 12.1 Å². The molecular formula is C17H24N2O4S. The number of benzene rings is 1. The molecule has 1 fully saturated rings. The zero-order valence-corrected chi connectivity index (χ0v) is 15.3. The van der Waals surface area contributed by atoms with E-state index in [2.05, 4.69) is 5.32 Å². The van der Waals surface area contributed by atoms with Gasteiger partial charge in [0.2, 0.25) is 0 Å². The molecule has 0 radical (unpaired) electrons. The van der Waals surface area contributed by atoms with E-state index in [9.17, 15) is 9.59 Å². The summed E-state index contributed by atoms with van der Waals surface area (Å²) in [6.45, 7) is 6.19. The molecule has 3 amide bonds. The van der Waals surface area contributed by atoms with E-state index < -0.39 is 17.7 Å². The van der Waals surface area contributed by atoms with Crippen molar-refractivity contribution < 1.29 is 19.1 Å². The summed E-state index contributed by atoms with van der Waals surface area (Å²) < 4.78 is 10.6. The minimum absolute atomic E-state index is 0.0973. The Morgan fingerprint density at radius 2 is 2.08 bits per heavy atom. The lowest BCUT2D eigenvalue weighted by atomic mass is 10.2. The van der Waals surface area contributed by atoms with Crippen LogP contribution in [0.15, 0.2) is 24.3 Å². The smallest absolute Gasteiger partial charge is 0.418 e. The Morgan fingerprint density at radius 3 is 2.75 bits per heavy atom.